The Morgan fingerprint density at radius 3 is 2.30 bits per heavy atom. The monoisotopic (exact) mass is 163 g/mol. The quantitative estimate of drug-likeness (QED) is 0.423. The highest BCUT2D eigenvalue weighted by Crippen LogP contribution is 2.08. The third-order valence-corrected chi connectivity index (χ3v) is 1.75. The molecule has 61 valence electrons. The van der Waals surface area contributed by atoms with Gasteiger partial charge in [0.2, 0.25) is 0 Å². The lowest BCUT2D eigenvalue weighted by atomic mass is 10.1. The van der Waals surface area contributed by atoms with Gasteiger partial charge in [0.05, 0.1) is 0 Å². The van der Waals surface area contributed by atoms with Crippen molar-refractivity contribution < 1.29 is 5.11 Å². The first kappa shape index (κ1) is 10.2. The summed E-state index contributed by atoms with van der Waals surface area (Å²) in [5.41, 5.74) is -0.873. The van der Waals surface area contributed by atoms with Gasteiger partial charge in [-0.3, -0.25) is 0 Å². The molecule has 0 aromatic heterocycles. The van der Waals surface area contributed by atoms with E-state index in [0.717, 1.165) is 6.42 Å². The third kappa shape index (κ3) is 8.25. The molecule has 0 N–H and O–H groups in total. The fourth-order valence-electron chi connectivity index (χ4n) is 0.908. The second-order valence-electron chi connectivity index (χ2n) is 2.61. The lowest BCUT2D eigenvalue weighted by molar-refractivity contribution is 0.148. The maximum Gasteiger partial charge on any atom is 0.166 e. The first-order chi connectivity index (χ1) is 4.77. The van der Waals surface area contributed by atoms with Gasteiger partial charge in [0.1, 0.15) is 0 Å². The number of halogens is 1. The van der Waals surface area contributed by atoms with Crippen LogP contribution in [0.5, 0.6) is 0 Å². The Bertz CT molecular complexity index is 64.3. The molecule has 0 saturated carbocycles. The molecule has 0 fully saturated rings. The van der Waals surface area contributed by atoms with Gasteiger partial charge < -0.3 is 0 Å². The van der Waals surface area contributed by atoms with Crippen molar-refractivity contribution in [2.45, 2.75) is 51.0 Å². The SMILES string of the molecule is CCCCCCCC([O])Cl. The molecule has 0 heterocycles. The summed E-state index contributed by atoms with van der Waals surface area (Å²) in [7, 11) is 0. The zero-order valence-electron chi connectivity index (χ0n) is 6.61. The zero-order chi connectivity index (χ0) is 7.82. The lowest BCUT2D eigenvalue weighted by Gasteiger charge is -1.98. The summed E-state index contributed by atoms with van der Waals surface area (Å²) in [6.07, 6.45) is 6.58. The predicted octanol–water partition coefficient (Wildman–Crippen LogP) is 3.34. The minimum absolute atomic E-state index is 0.630. The third-order valence-electron chi connectivity index (χ3n) is 1.53. The summed E-state index contributed by atoms with van der Waals surface area (Å²) < 4.78 is 0. The fourth-order valence-corrected chi connectivity index (χ4v) is 1.06. The number of hydrogen-bond donors (Lipinski definition) is 0. The molecule has 0 aliphatic rings. The Kier molecular flexibility index (Phi) is 7.54. The molecule has 0 aliphatic carbocycles. The van der Waals surface area contributed by atoms with Crippen molar-refractivity contribution in [3.63, 3.8) is 0 Å². The van der Waals surface area contributed by atoms with E-state index in [0.29, 0.717) is 6.42 Å². The molecule has 1 unspecified atom stereocenters. The van der Waals surface area contributed by atoms with Gasteiger partial charge in [0, 0.05) is 0 Å². The summed E-state index contributed by atoms with van der Waals surface area (Å²) in [5, 5.41) is 10.3. The van der Waals surface area contributed by atoms with Gasteiger partial charge in [-0.05, 0) is 12.8 Å². The largest absolute Gasteiger partial charge is 0.216 e. The van der Waals surface area contributed by atoms with Crippen LogP contribution < -0.4 is 0 Å². The first-order valence-corrected chi connectivity index (χ1v) is 4.51. The molecule has 0 spiro atoms. The number of unbranched alkanes of at least 4 members (excludes halogenated alkanes) is 4. The Hall–Kier alpha value is 0.250. The smallest absolute Gasteiger partial charge is 0.166 e. The van der Waals surface area contributed by atoms with Crippen molar-refractivity contribution in [3.8, 4) is 0 Å². The summed E-state index contributed by atoms with van der Waals surface area (Å²) in [4.78, 5) is 0. The van der Waals surface area contributed by atoms with Gasteiger partial charge in [-0.15, -0.1) is 0 Å². The van der Waals surface area contributed by atoms with Crippen LogP contribution in [0.3, 0.4) is 0 Å². The molecular formula is C8H16ClO. The first-order valence-electron chi connectivity index (χ1n) is 4.07. The van der Waals surface area contributed by atoms with E-state index < -0.39 is 5.56 Å². The fraction of sp³-hybridized carbons (Fsp3) is 1.00. The summed E-state index contributed by atoms with van der Waals surface area (Å²) in [6.45, 7) is 2.18. The minimum atomic E-state index is -0.873. The molecule has 0 saturated heterocycles. The highest BCUT2D eigenvalue weighted by Gasteiger charge is 1.98. The van der Waals surface area contributed by atoms with E-state index >= 15 is 0 Å². The van der Waals surface area contributed by atoms with E-state index in [4.69, 9.17) is 11.6 Å². The van der Waals surface area contributed by atoms with Crippen LogP contribution in [-0.2, 0) is 5.11 Å². The topological polar surface area (TPSA) is 19.9 Å². The Morgan fingerprint density at radius 1 is 1.20 bits per heavy atom. The molecule has 1 radical (unpaired) electrons. The van der Waals surface area contributed by atoms with Crippen LogP contribution in [0.1, 0.15) is 45.4 Å². The molecule has 0 rings (SSSR count). The molecule has 1 atom stereocenters. The second kappa shape index (κ2) is 7.36. The van der Waals surface area contributed by atoms with Crippen molar-refractivity contribution in [2.75, 3.05) is 0 Å². The van der Waals surface area contributed by atoms with Gasteiger partial charge in [-0.2, -0.15) is 0 Å². The normalized spacial score (nSPS) is 13.5. The Balaban J connectivity index is 2.77. The standard InChI is InChI=1S/C8H16ClO/c1-2-3-4-5-6-7-8(9)10/h8H,2-7H2,1H3. The highest BCUT2D eigenvalue weighted by molar-refractivity contribution is 6.19. The number of rotatable bonds is 6. The van der Waals surface area contributed by atoms with Gasteiger partial charge >= 0.3 is 0 Å². The Morgan fingerprint density at radius 2 is 1.80 bits per heavy atom. The molecule has 10 heavy (non-hydrogen) atoms. The van der Waals surface area contributed by atoms with Gasteiger partial charge in [-0.25, -0.2) is 5.11 Å². The lowest BCUT2D eigenvalue weighted by Crippen LogP contribution is -1.92. The van der Waals surface area contributed by atoms with Crippen molar-refractivity contribution in [2.24, 2.45) is 0 Å². The van der Waals surface area contributed by atoms with Crippen LogP contribution in [0.2, 0.25) is 0 Å². The molecule has 0 amide bonds. The van der Waals surface area contributed by atoms with Crippen LogP contribution in [0.15, 0.2) is 0 Å². The van der Waals surface area contributed by atoms with Crippen LogP contribution in [0, 0.1) is 0 Å². The summed E-state index contributed by atoms with van der Waals surface area (Å²) in [5.74, 6) is 0. The molecule has 0 aromatic rings. The van der Waals surface area contributed by atoms with Crippen LogP contribution in [0.25, 0.3) is 0 Å². The van der Waals surface area contributed by atoms with Crippen molar-refractivity contribution in [1.29, 1.82) is 0 Å². The predicted molar refractivity (Wildman–Crippen MR) is 43.7 cm³/mol. The van der Waals surface area contributed by atoms with E-state index in [-0.39, 0.29) is 0 Å². The van der Waals surface area contributed by atoms with Gasteiger partial charge in [0.25, 0.3) is 0 Å². The molecule has 2 heteroatoms. The molecule has 0 bridgehead atoms. The van der Waals surface area contributed by atoms with E-state index in [9.17, 15) is 5.11 Å². The Labute approximate surface area is 68.4 Å². The minimum Gasteiger partial charge on any atom is -0.216 e. The number of hydrogen-bond acceptors (Lipinski definition) is 0. The van der Waals surface area contributed by atoms with Crippen LogP contribution >= 0.6 is 11.6 Å². The maximum atomic E-state index is 10.3. The van der Waals surface area contributed by atoms with Crippen LogP contribution in [-0.4, -0.2) is 5.56 Å². The molecule has 0 aromatic carbocycles. The summed E-state index contributed by atoms with van der Waals surface area (Å²) >= 11 is 5.24. The molecular weight excluding hydrogens is 148 g/mol. The molecule has 1 nitrogen and oxygen atoms in total. The second-order valence-corrected chi connectivity index (χ2v) is 3.10. The van der Waals surface area contributed by atoms with E-state index in [1.807, 2.05) is 0 Å². The van der Waals surface area contributed by atoms with Crippen molar-refractivity contribution in [3.05, 3.63) is 0 Å². The van der Waals surface area contributed by atoms with Gasteiger partial charge in [0.15, 0.2) is 5.56 Å². The van der Waals surface area contributed by atoms with Crippen molar-refractivity contribution >= 4 is 11.6 Å². The van der Waals surface area contributed by atoms with E-state index in [1.54, 1.807) is 0 Å². The van der Waals surface area contributed by atoms with Crippen molar-refractivity contribution in [1.82, 2.24) is 0 Å². The van der Waals surface area contributed by atoms with Gasteiger partial charge in [-0.1, -0.05) is 44.2 Å². The highest BCUT2D eigenvalue weighted by atomic mass is 35.5. The van der Waals surface area contributed by atoms with E-state index in [2.05, 4.69) is 6.92 Å². The average Bonchev–Trinajstić information content (AvgIpc) is 1.87. The van der Waals surface area contributed by atoms with E-state index in [1.165, 1.54) is 25.7 Å². The van der Waals surface area contributed by atoms with Crippen LogP contribution in [0.4, 0.5) is 0 Å². The maximum absolute atomic E-state index is 10.3. The zero-order valence-corrected chi connectivity index (χ0v) is 7.36. The summed E-state index contributed by atoms with van der Waals surface area (Å²) in [6, 6.07) is 0. The number of alkyl halides is 1. The average molecular weight is 164 g/mol. The molecule has 0 aliphatic heterocycles.